The third-order valence-electron chi connectivity index (χ3n) is 4.61. The van der Waals surface area contributed by atoms with Crippen LogP contribution >= 0.6 is 15.9 Å². The Bertz CT molecular complexity index is 904. The van der Waals surface area contributed by atoms with E-state index in [4.69, 9.17) is 14.2 Å². The Hall–Kier alpha value is -2.42. The number of halogens is 4. The molecule has 0 saturated carbocycles. The van der Waals surface area contributed by atoms with Crippen LogP contribution in [0.5, 0.6) is 17.2 Å². The molecule has 162 valence electrons. The van der Waals surface area contributed by atoms with Gasteiger partial charge in [-0.05, 0) is 42.3 Å². The largest absolute Gasteiger partial charge is 0.493 e. The summed E-state index contributed by atoms with van der Waals surface area (Å²) in [5, 5.41) is 3.03. The molecule has 1 aliphatic heterocycles. The van der Waals surface area contributed by atoms with Crippen molar-refractivity contribution < 1.29 is 32.2 Å². The Morgan fingerprint density at radius 2 is 2.03 bits per heavy atom. The number of carbonyl (C=O) groups excluding carboxylic acids is 1. The number of aryl methyl sites for hydroxylation is 1. The molecule has 0 spiro atoms. The Morgan fingerprint density at radius 1 is 1.23 bits per heavy atom. The molecule has 5 nitrogen and oxygen atoms in total. The van der Waals surface area contributed by atoms with Crippen LogP contribution in [0.2, 0.25) is 0 Å². The average Bonchev–Trinajstić information content (AvgIpc) is 2.70. The summed E-state index contributed by atoms with van der Waals surface area (Å²) in [6.07, 6.45) is -3.11. The zero-order chi connectivity index (χ0) is 21.7. The quantitative estimate of drug-likeness (QED) is 0.598. The summed E-state index contributed by atoms with van der Waals surface area (Å²) in [5.41, 5.74) is 1.69. The predicted molar refractivity (Wildman–Crippen MR) is 108 cm³/mol. The highest BCUT2D eigenvalue weighted by Gasteiger charge is 2.29. The lowest BCUT2D eigenvalue weighted by molar-refractivity contribution is -0.153. The highest BCUT2D eigenvalue weighted by molar-refractivity contribution is 9.10. The second kappa shape index (κ2) is 9.59. The summed E-state index contributed by atoms with van der Waals surface area (Å²) >= 11 is 3.43. The maximum Gasteiger partial charge on any atom is 0.422 e. The minimum absolute atomic E-state index is 0.00687. The van der Waals surface area contributed by atoms with Gasteiger partial charge in [-0.3, -0.25) is 4.79 Å². The number of alkyl halides is 3. The van der Waals surface area contributed by atoms with E-state index in [9.17, 15) is 18.0 Å². The molecule has 9 heteroatoms. The van der Waals surface area contributed by atoms with Crippen LogP contribution < -0.4 is 19.5 Å². The maximum atomic E-state index is 12.5. The van der Waals surface area contributed by atoms with E-state index >= 15 is 0 Å². The second-order valence-corrected chi connectivity index (χ2v) is 7.74. The van der Waals surface area contributed by atoms with Crippen molar-refractivity contribution in [2.45, 2.75) is 31.5 Å². The topological polar surface area (TPSA) is 56.8 Å². The van der Waals surface area contributed by atoms with Crippen LogP contribution in [0.25, 0.3) is 0 Å². The molecule has 30 heavy (non-hydrogen) atoms. The van der Waals surface area contributed by atoms with Crippen molar-refractivity contribution in [2.24, 2.45) is 0 Å². The molecule has 0 aromatic heterocycles. The third-order valence-corrected chi connectivity index (χ3v) is 5.10. The molecular weight excluding hydrogens is 467 g/mol. The Kier molecular flexibility index (Phi) is 7.12. The van der Waals surface area contributed by atoms with Crippen LogP contribution in [0.1, 0.15) is 30.0 Å². The van der Waals surface area contributed by atoms with Gasteiger partial charge in [0.15, 0.2) is 18.1 Å². The van der Waals surface area contributed by atoms with E-state index < -0.39 is 12.8 Å². The zero-order valence-electron chi connectivity index (χ0n) is 16.2. The maximum absolute atomic E-state index is 12.5. The van der Waals surface area contributed by atoms with Crippen LogP contribution in [-0.4, -0.2) is 32.4 Å². The fraction of sp³-hybridized carbons (Fsp3) is 0.381. The van der Waals surface area contributed by atoms with E-state index in [0.717, 1.165) is 21.3 Å². The van der Waals surface area contributed by atoms with Gasteiger partial charge in [0.1, 0.15) is 5.75 Å². The number of benzene rings is 2. The number of fused-ring (bicyclic) bond motifs is 1. The van der Waals surface area contributed by atoms with Crippen LogP contribution in [-0.2, 0) is 11.2 Å². The number of nitrogens with one attached hydrogen (secondary N) is 1. The van der Waals surface area contributed by atoms with Gasteiger partial charge in [-0.15, -0.1) is 0 Å². The summed E-state index contributed by atoms with van der Waals surface area (Å²) in [4.78, 5) is 12.5. The van der Waals surface area contributed by atoms with E-state index in [1.165, 1.54) is 13.2 Å². The first-order valence-corrected chi connectivity index (χ1v) is 10.1. The number of hydrogen-bond donors (Lipinski definition) is 1. The Labute approximate surface area is 180 Å². The van der Waals surface area contributed by atoms with Crippen molar-refractivity contribution in [1.82, 2.24) is 5.32 Å². The summed E-state index contributed by atoms with van der Waals surface area (Å²) in [6, 6.07) is 10.2. The molecule has 0 bridgehead atoms. The molecule has 1 unspecified atom stereocenters. The molecule has 1 N–H and O–H groups in total. The van der Waals surface area contributed by atoms with Crippen molar-refractivity contribution >= 4 is 21.8 Å². The van der Waals surface area contributed by atoms with Crippen LogP contribution in [0.3, 0.4) is 0 Å². The van der Waals surface area contributed by atoms with Crippen molar-refractivity contribution in [2.75, 3.05) is 20.3 Å². The van der Waals surface area contributed by atoms with Crippen LogP contribution in [0.4, 0.5) is 13.2 Å². The monoisotopic (exact) mass is 487 g/mol. The minimum Gasteiger partial charge on any atom is -0.493 e. The van der Waals surface area contributed by atoms with Gasteiger partial charge in [-0.1, -0.05) is 22.0 Å². The van der Waals surface area contributed by atoms with Gasteiger partial charge in [-0.25, -0.2) is 0 Å². The third kappa shape index (κ3) is 6.04. The fourth-order valence-electron chi connectivity index (χ4n) is 3.19. The number of methoxy groups -OCH3 is 1. The van der Waals surface area contributed by atoms with Gasteiger partial charge in [0, 0.05) is 22.9 Å². The summed E-state index contributed by atoms with van der Waals surface area (Å²) in [7, 11) is 1.35. The Morgan fingerprint density at radius 3 is 2.77 bits per heavy atom. The molecule has 0 radical (unpaired) electrons. The first-order valence-electron chi connectivity index (χ1n) is 9.33. The number of carbonyl (C=O) groups is 1. The first kappa shape index (κ1) is 22.3. The number of ether oxygens (including phenoxy) is 3. The summed E-state index contributed by atoms with van der Waals surface area (Å²) in [5.74, 6) is 0.839. The lowest BCUT2D eigenvalue weighted by Crippen LogP contribution is -2.32. The van der Waals surface area contributed by atoms with E-state index in [1.54, 1.807) is 12.1 Å². The van der Waals surface area contributed by atoms with Crippen molar-refractivity contribution in [3.05, 3.63) is 52.0 Å². The molecule has 2 aromatic carbocycles. The Balaban J connectivity index is 1.58. The van der Waals surface area contributed by atoms with Crippen molar-refractivity contribution in [1.29, 1.82) is 0 Å². The zero-order valence-corrected chi connectivity index (χ0v) is 17.8. The van der Waals surface area contributed by atoms with E-state index in [1.807, 2.05) is 18.2 Å². The predicted octanol–water partition coefficient (Wildman–Crippen LogP) is 4.97. The molecule has 0 saturated heterocycles. The van der Waals surface area contributed by atoms with Crippen molar-refractivity contribution in [3.63, 3.8) is 0 Å². The lowest BCUT2D eigenvalue weighted by Gasteiger charge is -2.27. The van der Waals surface area contributed by atoms with Crippen LogP contribution in [0, 0.1) is 0 Å². The van der Waals surface area contributed by atoms with E-state index in [-0.39, 0.29) is 29.9 Å². The summed E-state index contributed by atoms with van der Waals surface area (Å²) < 4.78 is 53.5. The van der Waals surface area contributed by atoms with Crippen molar-refractivity contribution in [3.8, 4) is 17.2 Å². The van der Waals surface area contributed by atoms with Gasteiger partial charge in [0.25, 0.3) is 0 Å². The van der Waals surface area contributed by atoms with Gasteiger partial charge in [-0.2, -0.15) is 13.2 Å². The number of rotatable bonds is 7. The van der Waals surface area contributed by atoms with E-state index in [0.29, 0.717) is 19.4 Å². The SMILES string of the molecule is COc1cc(CCC(=O)NC2CCOc3ccc(Br)cc32)ccc1OCC(F)(F)F. The number of amides is 1. The molecule has 0 aliphatic carbocycles. The molecule has 3 rings (SSSR count). The smallest absolute Gasteiger partial charge is 0.422 e. The van der Waals surface area contributed by atoms with Gasteiger partial charge in [0.05, 0.1) is 19.8 Å². The number of hydrogen-bond acceptors (Lipinski definition) is 4. The van der Waals surface area contributed by atoms with Gasteiger partial charge >= 0.3 is 6.18 Å². The molecule has 1 heterocycles. The lowest BCUT2D eigenvalue weighted by atomic mass is 10.00. The van der Waals surface area contributed by atoms with Crippen LogP contribution in [0.15, 0.2) is 40.9 Å². The molecule has 0 fully saturated rings. The highest BCUT2D eigenvalue weighted by atomic mass is 79.9. The normalized spacial score (nSPS) is 15.7. The second-order valence-electron chi connectivity index (χ2n) is 6.83. The molecule has 2 aromatic rings. The highest BCUT2D eigenvalue weighted by Crippen LogP contribution is 2.34. The molecule has 1 aliphatic rings. The molecule has 1 amide bonds. The fourth-order valence-corrected chi connectivity index (χ4v) is 3.56. The summed E-state index contributed by atoms with van der Waals surface area (Å²) in [6.45, 7) is -0.871. The van der Waals surface area contributed by atoms with Gasteiger partial charge in [0.2, 0.25) is 5.91 Å². The molecular formula is C21H21BrF3NO4. The average molecular weight is 488 g/mol. The molecule has 1 atom stereocenters. The van der Waals surface area contributed by atoms with E-state index in [2.05, 4.69) is 21.2 Å². The van der Waals surface area contributed by atoms with Gasteiger partial charge < -0.3 is 19.5 Å². The minimum atomic E-state index is -4.43. The first-order chi connectivity index (χ1) is 14.2. The standard InChI is InChI=1S/C21H21BrF3NO4/c1-28-19-10-13(2-5-18(19)30-12-21(23,24)25)3-7-20(27)26-16-8-9-29-17-6-4-14(22)11-15(16)17/h2,4-6,10-11,16H,3,7-9,12H2,1H3,(H,26,27).